The van der Waals surface area contributed by atoms with Gasteiger partial charge in [-0.15, -0.1) is 0 Å². The number of benzene rings is 2. The summed E-state index contributed by atoms with van der Waals surface area (Å²) >= 11 is 5.82. The number of nitrogens with one attached hydrogen (secondary N) is 1. The highest BCUT2D eigenvalue weighted by Crippen LogP contribution is 2.13. The van der Waals surface area contributed by atoms with E-state index in [9.17, 15) is 9.18 Å². The van der Waals surface area contributed by atoms with Gasteiger partial charge in [0.25, 0.3) is 5.91 Å². The number of nitrogens with two attached hydrogens (primary N) is 1. The van der Waals surface area contributed by atoms with Crippen molar-refractivity contribution in [3.8, 4) is 0 Å². The smallest absolute Gasteiger partial charge is 0.251 e. The standard InChI is InChI=1S/C16H16ClFN2O/c1-10(8-11-2-5-13(17)6-3-11)20-16(21)12-4-7-15(19)14(18)9-12/h2-7,9-10H,8,19H2,1H3,(H,20,21). The molecule has 3 N–H and O–H groups in total. The SMILES string of the molecule is CC(Cc1ccc(Cl)cc1)NC(=O)c1ccc(N)c(F)c1. The van der Waals surface area contributed by atoms with Crippen LogP contribution < -0.4 is 11.1 Å². The van der Waals surface area contributed by atoms with E-state index in [0.29, 0.717) is 11.4 Å². The van der Waals surface area contributed by atoms with Gasteiger partial charge in [0.05, 0.1) is 5.69 Å². The van der Waals surface area contributed by atoms with Crippen molar-refractivity contribution in [3.05, 3.63) is 64.4 Å². The summed E-state index contributed by atoms with van der Waals surface area (Å²) in [7, 11) is 0. The number of rotatable bonds is 4. The molecule has 0 aliphatic carbocycles. The van der Waals surface area contributed by atoms with Crippen LogP contribution in [0, 0.1) is 5.82 Å². The lowest BCUT2D eigenvalue weighted by molar-refractivity contribution is 0.0939. The van der Waals surface area contributed by atoms with E-state index in [-0.39, 0.29) is 23.2 Å². The van der Waals surface area contributed by atoms with Crippen molar-refractivity contribution in [1.29, 1.82) is 0 Å². The first-order chi connectivity index (χ1) is 9.95. The topological polar surface area (TPSA) is 55.1 Å². The van der Waals surface area contributed by atoms with Crippen molar-refractivity contribution in [1.82, 2.24) is 5.32 Å². The summed E-state index contributed by atoms with van der Waals surface area (Å²) in [4.78, 5) is 12.0. The first-order valence-corrected chi connectivity index (χ1v) is 6.94. The first kappa shape index (κ1) is 15.3. The molecule has 0 bridgehead atoms. The normalized spacial score (nSPS) is 12.0. The molecular weight excluding hydrogens is 291 g/mol. The van der Waals surface area contributed by atoms with Crippen LogP contribution in [0.1, 0.15) is 22.8 Å². The Bertz CT molecular complexity index is 643. The molecule has 0 aromatic heterocycles. The van der Waals surface area contributed by atoms with Crippen LogP contribution >= 0.6 is 11.6 Å². The number of nitrogen functional groups attached to an aromatic ring is 1. The Morgan fingerprint density at radius 1 is 1.29 bits per heavy atom. The molecule has 2 aromatic carbocycles. The number of carbonyl (C=O) groups is 1. The lowest BCUT2D eigenvalue weighted by Crippen LogP contribution is -2.34. The average molecular weight is 307 g/mol. The van der Waals surface area contributed by atoms with E-state index in [1.807, 2.05) is 19.1 Å². The number of carbonyl (C=O) groups excluding carboxylic acids is 1. The summed E-state index contributed by atoms with van der Waals surface area (Å²) < 4.78 is 13.3. The third-order valence-electron chi connectivity index (χ3n) is 3.10. The van der Waals surface area contributed by atoms with Crippen LogP contribution in [0.4, 0.5) is 10.1 Å². The number of amides is 1. The third kappa shape index (κ3) is 4.20. The van der Waals surface area contributed by atoms with Crippen LogP contribution in [0.2, 0.25) is 5.02 Å². The molecule has 3 nitrogen and oxygen atoms in total. The predicted octanol–water partition coefficient (Wildman–Crippen LogP) is 3.42. The monoisotopic (exact) mass is 306 g/mol. The summed E-state index contributed by atoms with van der Waals surface area (Å²) in [6.45, 7) is 1.89. The van der Waals surface area contributed by atoms with E-state index < -0.39 is 5.82 Å². The number of halogens is 2. The molecule has 0 radical (unpaired) electrons. The van der Waals surface area contributed by atoms with Crippen molar-refractivity contribution in [2.75, 3.05) is 5.73 Å². The summed E-state index contributed by atoms with van der Waals surface area (Å²) in [5.41, 5.74) is 6.74. The second kappa shape index (κ2) is 6.59. The summed E-state index contributed by atoms with van der Waals surface area (Å²) in [6, 6.07) is 11.4. The zero-order valence-corrected chi connectivity index (χ0v) is 12.3. The molecule has 5 heteroatoms. The van der Waals surface area contributed by atoms with Crippen LogP contribution in [0.15, 0.2) is 42.5 Å². The maximum Gasteiger partial charge on any atom is 0.251 e. The van der Waals surface area contributed by atoms with Gasteiger partial charge in [0.15, 0.2) is 0 Å². The minimum absolute atomic E-state index is 0.0285. The van der Waals surface area contributed by atoms with E-state index in [1.165, 1.54) is 12.1 Å². The van der Waals surface area contributed by atoms with E-state index in [2.05, 4.69) is 5.32 Å². The van der Waals surface area contributed by atoms with Gasteiger partial charge in [0.2, 0.25) is 0 Å². The molecule has 1 amide bonds. The Morgan fingerprint density at radius 2 is 1.95 bits per heavy atom. The Hall–Kier alpha value is -2.07. The predicted molar refractivity (Wildman–Crippen MR) is 82.9 cm³/mol. The van der Waals surface area contributed by atoms with Crippen LogP contribution in [0.25, 0.3) is 0 Å². The van der Waals surface area contributed by atoms with Crippen molar-refractivity contribution >= 4 is 23.2 Å². The van der Waals surface area contributed by atoms with Gasteiger partial charge >= 0.3 is 0 Å². The number of anilines is 1. The van der Waals surface area contributed by atoms with Crippen molar-refractivity contribution in [2.24, 2.45) is 0 Å². The van der Waals surface area contributed by atoms with E-state index >= 15 is 0 Å². The Labute approximate surface area is 127 Å². The molecule has 0 saturated heterocycles. The third-order valence-corrected chi connectivity index (χ3v) is 3.35. The lowest BCUT2D eigenvalue weighted by atomic mass is 10.1. The summed E-state index contributed by atoms with van der Waals surface area (Å²) in [5, 5.41) is 3.50. The molecule has 0 spiro atoms. The molecule has 110 valence electrons. The molecule has 0 fully saturated rings. The first-order valence-electron chi connectivity index (χ1n) is 6.56. The lowest BCUT2D eigenvalue weighted by Gasteiger charge is -2.14. The molecule has 2 aromatic rings. The maximum absolute atomic E-state index is 13.3. The largest absolute Gasteiger partial charge is 0.396 e. The molecule has 0 heterocycles. The summed E-state index contributed by atoms with van der Waals surface area (Å²) in [5.74, 6) is -0.914. The molecule has 0 aliphatic rings. The van der Waals surface area contributed by atoms with Gasteiger partial charge in [-0.05, 0) is 49.2 Å². The Morgan fingerprint density at radius 3 is 2.57 bits per heavy atom. The van der Waals surface area contributed by atoms with Crippen LogP contribution in [0.5, 0.6) is 0 Å². The van der Waals surface area contributed by atoms with Crippen molar-refractivity contribution < 1.29 is 9.18 Å². The quantitative estimate of drug-likeness (QED) is 0.850. The number of hydrogen-bond acceptors (Lipinski definition) is 2. The van der Waals surface area contributed by atoms with Gasteiger partial charge in [-0.25, -0.2) is 4.39 Å². The van der Waals surface area contributed by atoms with E-state index in [0.717, 1.165) is 11.6 Å². The fourth-order valence-electron chi connectivity index (χ4n) is 2.00. The van der Waals surface area contributed by atoms with Gasteiger partial charge in [-0.1, -0.05) is 23.7 Å². The molecule has 0 aliphatic heterocycles. The van der Waals surface area contributed by atoms with Gasteiger partial charge in [0.1, 0.15) is 5.82 Å². The zero-order chi connectivity index (χ0) is 15.4. The molecule has 1 atom stereocenters. The van der Waals surface area contributed by atoms with Gasteiger partial charge in [-0.3, -0.25) is 4.79 Å². The zero-order valence-electron chi connectivity index (χ0n) is 11.6. The Balaban J connectivity index is 1.98. The second-order valence-corrected chi connectivity index (χ2v) is 5.38. The highest BCUT2D eigenvalue weighted by Gasteiger charge is 2.12. The van der Waals surface area contributed by atoms with E-state index in [1.54, 1.807) is 12.1 Å². The molecule has 21 heavy (non-hydrogen) atoms. The second-order valence-electron chi connectivity index (χ2n) is 4.94. The highest BCUT2D eigenvalue weighted by molar-refractivity contribution is 6.30. The number of hydrogen-bond donors (Lipinski definition) is 2. The minimum Gasteiger partial charge on any atom is -0.396 e. The average Bonchev–Trinajstić information content (AvgIpc) is 2.44. The maximum atomic E-state index is 13.3. The summed E-state index contributed by atoms with van der Waals surface area (Å²) in [6.07, 6.45) is 0.667. The van der Waals surface area contributed by atoms with Gasteiger partial charge < -0.3 is 11.1 Å². The highest BCUT2D eigenvalue weighted by atomic mass is 35.5. The Kier molecular flexibility index (Phi) is 4.81. The fourth-order valence-corrected chi connectivity index (χ4v) is 2.13. The van der Waals surface area contributed by atoms with Crippen molar-refractivity contribution in [3.63, 3.8) is 0 Å². The van der Waals surface area contributed by atoms with E-state index in [4.69, 9.17) is 17.3 Å². The molecule has 2 rings (SSSR count). The minimum atomic E-state index is -0.590. The molecule has 0 saturated carbocycles. The van der Waals surface area contributed by atoms with Crippen LogP contribution in [0.3, 0.4) is 0 Å². The van der Waals surface area contributed by atoms with Gasteiger partial charge in [0, 0.05) is 16.6 Å². The molecule has 1 unspecified atom stereocenters. The van der Waals surface area contributed by atoms with Crippen molar-refractivity contribution in [2.45, 2.75) is 19.4 Å². The molecular formula is C16H16ClFN2O. The van der Waals surface area contributed by atoms with Gasteiger partial charge in [-0.2, -0.15) is 0 Å². The van der Waals surface area contributed by atoms with Crippen LogP contribution in [-0.4, -0.2) is 11.9 Å². The van der Waals surface area contributed by atoms with Crippen LogP contribution in [-0.2, 0) is 6.42 Å². The fraction of sp³-hybridized carbons (Fsp3) is 0.188.